The first-order chi connectivity index (χ1) is 8.04. The molecule has 17 heavy (non-hydrogen) atoms. The van der Waals surface area contributed by atoms with Gasteiger partial charge in [0.1, 0.15) is 11.6 Å². The van der Waals surface area contributed by atoms with Gasteiger partial charge in [0.2, 0.25) is 5.91 Å². The molecule has 1 unspecified atom stereocenters. The molecule has 5 heteroatoms. The molecule has 0 heterocycles. The summed E-state index contributed by atoms with van der Waals surface area (Å²) in [6.07, 6.45) is 0.256. The van der Waals surface area contributed by atoms with Crippen molar-refractivity contribution in [2.24, 2.45) is 5.73 Å². The topological polar surface area (TPSA) is 64.3 Å². The number of amides is 1. The molecule has 0 aliphatic heterocycles. The van der Waals surface area contributed by atoms with Gasteiger partial charge in [-0.05, 0) is 25.1 Å². The molecular formula is C12H17FN2O2. The summed E-state index contributed by atoms with van der Waals surface area (Å²) in [7, 11) is 1.56. The smallest absolute Gasteiger partial charge is 0.223 e. The van der Waals surface area contributed by atoms with E-state index in [2.05, 4.69) is 5.32 Å². The molecule has 0 aromatic heterocycles. The van der Waals surface area contributed by atoms with Gasteiger partial charge in [0.05, 0.1) is 13.0 Å². The fourth-order valence-electron chi connectivity index (χ4n) is 1.39. The van der Waals surface area contributed by atoms with E-state index in [1.54, 1.807) is 14.0 Å². The van der Waals surface area contributed by atoms with E-state index in [0.717, 1.165) is 0 Å². The summed E-state index contributed by atoms with van der Waals surface area (Å²) in [5.74, 6) is 0.0655. The highest BCUT2D eigenvalue weighted by atomic mass is 19.1. The van der Waals surface area contributed by atoms with Crippen LogP contribution >= 0.6 is 0 Å². The maximum Gasteiger partial charge on any atom is 0.223 e. The monoisotopic (exact) mass is 240 g/mol. The van der Waals surface area contributed by atoms with Gasteiger partial charge in [0, 0.05) is 18.7 Å². The van der Waals surface area contributed by atoms with Crippen molar-refractivity contribution in [3.05, 3.63) is 29.6 Å². The molecule has 0 radical (unpaired) electrons. The minimum absolute atomic E-state index is 0.102. The van der Waals surface area contributed by atoms with Crippen LogP contribution in [-0.2, 0) is 4.79 Å². The van der Waals surface area contributed by atoms with Crippen molar-refractivity contribution in [1.82, 2.24) is 5.32 Å². The van der Waals surface area contributed by atoms with Gasteiger partial charge in [-0.25, -0.2) is 4.39 Å². The zero-order valence-electron chi connectivity index (χ0n) is 10.00. The molecule has 94 valence electrons. The Morgan fingerprint density at radius 1 is 1.59 bits per heavy atom. The van der Waals surface area contributed by atoms with Crippen LogP contribution < -0.4 is 15.8 Å². The number of rotatable bonds is 5. The second-order valence-electron chi connectivity index (χ2n) is 3.74. The molecule has 0 aliphatic rings. The van der Waals surface area contributed by atoms with Crippen LogP contribution in [0.25, 0.3) is 0 Å². The lowest BCUT2D eigenvalue weighted by molar-refractivity contribution is -0.121. The minimum Gasteiger partial charge on any atom is -0.493 e. The average Bonchev–Trinajstić information content (AvgIpc) is 2.30. The van der Waals surface area contributed by atoms with Crippen molar-refractivity contribution in [2.45, 2.75) is 19.4 Å². The molecule has 0 aliphatic carbocycles. The van der Waals surface area contributed by atoms with E-state index < -0.39 is 0 Å². The molecule has 3 N–H and O–H groups in total. The van der Waals surface area contributed by atoms with Crippen LogP contribution in [0.15, 0.2) is 18.2 Å². The number of nitrogens with two attached hydrogens (primary N) is 1. The molecule has 0 bridgehead atoms. The third kappa shape index (κ3) is 4.03. The van der Waals surface area contributed by atoms with Gasteiger partial charge >= 0.3 is 0 Å². The van der Waals surface area contributed by atoms with Gasteiger partial charge in [0.25, 0.3) is 0 Å². The number of nitrogens with one attached hydrogen (secondary N) is 1. The molecule has 0 saturated carbocycles. The van der Waals surface area contributed by atoms with Crippen LogP contribution in [0.1, 0.15) is 24.9 Å². The highest BCUT2D eigenvalue weighted by molar-refractivity contribution is 5.75. The number of benzene rings is 1. The molecule has 1 rings (SSSR count). The van der Waals surface area contributed by atoms with Gasteiger partial charge in [-0.2, -0.15) is 0 Å². The number of hydrogen-bond acceptors (Lipinski definition) is 3. The third-order valence-electron chi connectivity index (χ3n) is 2.33. The summed E-state index contributed by atoms with van der Waals surface area (Å²) < 4.78 is 18.5. The predicted molar refractivity (Wildman–Crippen MR) is 63.2 cm³/mol. The molecule has 1 aromatic carbocycles. The van der Waals surface area contributed by atoms with Crippen molar-refractivity contribution in [3.63, 3.8) is 0 Å². The first-order valence-electron chi connectivity index (χ1n) is 5.43. The summed E-state index contributed by atoms with van der Waals surface area (Å²) >= 11 is 0. The predicted octanol–water partition coefficient (Wildman–Crippen LogP) is 1.36. The van der Waals surface area contributed by atoms with Gasteiger partial charge < -0.3 is 15.8 Å². The Labute approximate surface area is 100.0 Å². The van der Waals surface area contributed by atoms with Crippen molar-refractivity contribution in [3.8, 4) is 5.75 Å². The fourth-order valence-corrected chi connectivity index (χ4v) is 1.39. The lowest BCUT2D eigenvalue weighted by Gasteiger charge is -2.13. The zero-order chi connectivity index (χ0) is 12.8. The van der Waals surface area contributed by atoms with E-state index in [9.17, 15) is 9.18 Å². The van der Waals surface area contributed by atoms with Crippen LogP contribution in [0.5, 0.6) is 5.75 Å². The summed E-state index contributed by atoms with van der Waals surface area (Å²) in [6.45, 7) is 1.99. The normalized spacial score (nSPS) is 12.0. The second-order valence-corrected chi connectivity index (χ2v) is 3.74. The average molecular weight is 240 g/mol. The van der Waals surface area contributed by atoms with Crippen LogP contribution in [0.4, 0.5) is 4.39 Å². The van der Waals surface area contributed by atoms with Crippen LogP contribution in [0.2, 0.25) is 0 Å². The second kappa shape index (κ2) is 6.20. The quantitative estimate of drug-likeness (QED) is 0.816. The van der Waals surface area contributed by atoms with E-state index in [-0.39, 0.29) is 30.8 Å². The Hall–Kier alpha value is -1.62. The third-order valence-corrected chi connectivity index (χ3v) is 2.33. The van der Waals surface area contributed by atoms with E-state index in [1.165, 1.54) is 18.2 Å². The first-order valence-corrected chi connectivity index (χ1v) is 5.43. The minimum atomic E-state index is -0.351. The lowest BCUT2D eigenvalue weighted by atomic mass is 10.1. The molecule has 1 amide bonds. The molecular weight excluding hydrogens is 223 g/mol. The van der Waals surface area contributed by atoms with Crippen LogP contribution in [0, 0.1) is 5.82 Å². The molecule has 1 atom stereocenters. The Morgan fingerprint density at radius 2 is 2.29 bits per heavy atom. The zero-order valence-corrected chi connectivity index (χ0v) is 10.00. The van der Waals surface area contributed by atoms with Gasteiger partial charge in [-0.3, -0.25) is 4.79 Å². The first kappa shape index (κ1) is 13.4. The highest BCUT2D eigenvalue weighted by Gasteiger charge is 2.10. The Bertz CT molecular complexity index is 394. The standard InChI is InChI=1S/C12H17FN2O2/c1-8(14)10-7-9(13)3-4-11(10)17-6-5-12(16)15-2/h3-4,7-8H,5-6,14H2,1-2H3,(H,15,16). The van der Waals surface area contributed by atoms with Crippen molar-refractivity contribution in [2.75, 3.05) is 13.7 Å². The summed E-state index contributed by atoms with van der Waals surface area (Å²) in [4.78, 5) is 11.0. The number of hydrogen-bond donors (Lipinski definition) is 2. The SMILES string of the molecule is CNC(=O)CCOc1ccc(F)cc1C(C)N. The van der Waals surface area contributed by atoms with Crippen molar-refractivity contribution >= 4 is 5.91 Å². The maximum atomic E-state index is 13.0. The molecule has 4 nitrogen and oxygen atoms in total. The molecule has 1 aromatic rings. The number of halogens is 1. The molecule has 0 fully saturated rings. The van der Waals surface area contributed by atoms with Crippen LogP contribution in [0.3, 0.4) is 0 Å². The lowest BCUT2D eigenvalue weighted by Crippen LogP contribution is -2.20. The largest absolute Gasteiger partial charge is 0.493 e. The van der Waals surface area contributed by atoms with E-state index in [0.29, 0.717) is 11.3 Å². The number of carbonyl (C=O) groups is 1. The van der Waals surface area contributed by atoms with E-state index in [1.807, 2.05) is 0 Å². The van der Waals surface area contributed by atoms with Crippen LogP contribution in [-0.4, -0.2) is 19.6 Å². The Balaban J connectivity index is 2.67. The van der Waals surface area contributed by atoms with E-state index in [4.69, 9.17) is 10.5 Å². The fraction of sp³-hybridized carbons (Fsp3) is 0.417. The van der Waals surface area contributed by atoms with Gasteiger partial charge in [-0.15, -0.1) is 0 Å². The number of ether oxygens (including phenoxy) is 1. The Morgan fingerprint density at radius 3 is 2.88 bits per heavy atom. The highest BCUT2D eigenvalue weighted by Crippen LogP contribution is 2.24. The van der Waals surface area contributed by atoms with Crippen molar-refractivity contribution in [1.29, 1.82) is 0 Å². The molecule has 0 saturated heterocycles. The summed E-state index contributed by atoms with van der Waals surface area (Å²) in [5.41, 5.74) is 6.31. The maximum absolute atomic E-state index is 13.0. The van der Waals surface area contributed by atoms with E-state index >= 15 is 0 Å². The summed E-state index contributed by atoms with van der Waals surface area (Å²) in [5, 5.41) is 2.49. The molecule has 0 spiro atoms. The van der Waals surface area contributed by atoms with Gasteiger partial charge in [0.15, 0.2) is 0 Å². The number of carbonyl (C=O) groups excluding carboxylic acids is 1. The van der Waals surface area contributed by atoms with Gasteiger partial charge in [-0.1, -0.05) is 0 Å². The Kier molecular flexibility index (Phi) is 4.90. The summed E-state index contributed by atoms with van der Waals surface area (Å²) in [6, 6.07) is 3.86. The van der Waals surface area contributed by atoms with Crippen molar-refractivity contribution < 1.29 is 13.9 Å².